The van der Waals surface area contributed by atoms with Gasteiger partial charge in [-0.2, -0.15) is 51.2 Å². The molecule has 0 radical (unpaired) electrons. The van der Waals surface area contributed by atoms with Crippen molar-refractivity contribution in [1.82, 2.24) is 25.6 Å². The molecule has 0 fully saturated rings. The predicted octanol–water partition coefficient (Wildman–Crippen LogP) is 4.11. The van der Waals surface area contributed by atoms with Crippen molar-refractivity contribution in [3.63, 3.8) is 0 Å². The van der Waals surface area contributed by atoms with Crippen molar-refractivity contribution in [2.45, 2.75) is 48.5 Å². The Balaban J connectivity index is 0.000000405. The van der Waals surface area contributed by atoms with Crippen molar-refractivity contribution in [1.29, 1.82) is 0 Å². The van der Waals surface area contributed by atoms with Crippen molar-refractivity contribution < 1.29 is 21.1 Å². The van der Waals surface area contributed by atoms with Crippen LogP contribution in [-0.4, -0.2) is 25.6 Å². The fourth-order valence-electron chi connectivity index (χ4n) is 2.05. The monoisotopic (exact) mass is 507 g/mol. The van der Waals surface area contributed by atoms with Crippen molar-refractivity contribution >= 4 is 0 Å². The van der Waals surface area contributed by atoms with Crippen LogP contribution in [0.25, 0.3) is 11.4 Å². The molecule has 0 amide bonds. The number of hydrogen-bond acceptors (Lipinski definition) is 4. The van der Waals surface area contributed by atoms with Crippen LogP contribution in [0.2, 0.25) is 0 Å². The first-order valence-electron chi connectivity index (χ1n) is 8.03. The van der Waals surface area contributed by atoms with Gasteiger partial charge in [-0.05, 0) is 5.21 Å². The molecule has 0 saturated carbocycles. The fraction of sp³-hybridized carbons (Fsp3) is 0.368. The molecule has 1 N–H and O–H groups in total. The summed E-state index contributed by atoms with van der Waals surface area (Å²) >= 11 is 0. The number of aryl methyl sites for hydroxylation is 2. The summed E-state index contributed by atoms with van der Waals surface area (Å²) in [5.74, 6) is 0.548. The Labute approximate surface area is 164 Å². The zero-order valence-corrected chi connectivity index (χ0v) is 18.9. The van der Waals surface area contributed by atoms with Crippen LogP contribution in [0.4, 0.5) is 0 Å². The summed E-state index contributed by atoms with van der Waals surface area (Å²) in [6.07, 6.45) is 4.29. The normalized spacial score (nSPS) is 9.08. The predicted molar refractivity (Wildman–Crippen MR) is 96.6 cm³/mol. The van der Waals surface area contributed by atoms with Crippen molar-refractivity contribution in [2.24, 2.45) is 0 Å². The summed E-state index contributed by atoms with van der Waals surface area (Å²) in [6, 6.07) is 6.86. The molecule has 1 aromatic carbocycles. The van der Waals surface area contributed by atoms with E-state index in [2.05, 4.69) is 72.5 Å². The van der Waals surface area contributed by atoms with E-state index in [0.29, 0.717) is 5.82 Å². The zero-order valence-electron chi connectivity index (χ0n) is 15.9. The molecular formula is C19H25N5W. The smallest absolute Gasteiger partial charge is 0.394 e. The Bertz CT molecular complexity index is 714. The maximum Gasteiger partial charge on any atom is 2.00 e. The van der Waals surface area contributed by atoms with Gasteiger partial charge in [0, 0.05) is 0 Å². The number of pyridine rings is 1. The van der Waals surface area contributed by atoms with Gasteiger partial charge in [-0.1, -0.05) is 66.4 Å². The molecule has 0 saturated heterocycles. The number of H-pyrrole nitrogens is 1. The molecule has 25 heavy (non-hydrogen) atoms. The molecule has 0 aliphatic rings. The van der Waals surface area contributed by atoms with Crippen LogP contribution in [0.15, 0.2) is 18.3 Å². The molecule has 6 heteroatoms. The molecule has 5 nitrogen and oxygen atoms in total. The van der Waals surface area contributed by atoms with Crippen LogP contribution in [-0.2, 0) is 21.1 Å². The van der Waals surface area contributed by atoms with Gasteiger partial charge in [-0.25, -0.2) is 0 Å². The second kappa shape index (κ2) is 11.6. The molecule has 0 aliphatic heterocycles. The van der Waals surface area contributed by atoms with Crippen molar-refractivity contribution in [3.8, 4) is 11.4 Å². The third-order valence-electron chi connectivity index (χ3n) is 3.84. The van der Waals surface area contributed by atoms with Crippen LogP contribution in [0.3, 0.4) is 0 Å². The first-order chi connectivity index (χ1) is 11.5. The number of tetrazole rings is 1. The first-order valence-corrected chi connectivity index (χ1v) is 8.03. The van der Waals surface area contributed by atoms with Crippen LogP contribution in [0.5, 0.6) is 0 Å². The molecule has 0 bridgehead atoms. The number of aromatic nitrogens is 5. The van der Waals surface area contributed by atoms with E-state index in [4.69, 9.17) is 0 Å². The van der Waals surface area contributed by atoms with Gasteiger partial charge in [0.25, 0.3) is 0 Å². The van der Waals surface area contributed by atoms with E-state index in [1.54, 1.807) is 12.3 Å². The number of nitrogens with one attached hydrogen (secondary N) is 1. The van der Waals surface area contributed by atoms with E-state index in [1.807, 2.05) is 19.9 Å². The maximum absolute atomic E-state index is 3.79. The molecular weight excluding hydrogens is 482 g/mol. The van der Waals surface area contributed by atoms with E-state index in [9.17, 15) is 0 Å². The second-order valence-electron chi connectivity index (χ2n) is 5.16. The minimum atomic E-state index is 0. The SMILES string of the molecule is CC.Cc1[c-]c(C)c(C)c(C)c1C.[W+2].[c-]1ccc(-c2nn[nH]n2)cn1. The van der Waals surface area contributed by atoms with E-state index >= 15 is 0 Å². The molecule has 132 valence electrons. The molecule has 2 heterocycles. The van der Waals surface area contributed by atoms with Gasteiger partial charge in [-0.3, -0.25) is 0 Å². The molecule has 2 aromatic heterocycles. The third kappa shape index (κ3) is 6.50. The van der Waals surface area contributed by atoms with Crippen LogP contribution in [0.1, 0.15) is 41.7 Å². The van der Waals surface area contributed by atoms with Gasteiger partial charge < -0.3 is 4.98 Å². The Morgan fingerprint density at radius 1 is 0.920 bits per heavy atom. The summed E-state index contributed by atoms with van der Waals surface area (Å²) in [4.78, 5) is 3.79. The zero-order chi connectivity index (χ0) is 18.1. The van der Waals surface area contributed by atoms with Gasteiger partial charge in [0.1, 0.15) is 0 Å². The number of nitrogens with zero attached hydrogens (tertiary/aromatic N) is 4. The number of aromatic amines is 1. The van der Waals surface area contributed by atoms with Crippen molar-refractivity contribution in [2.75, 3.05) is 0 Å². The summed E-state index contributed by atoms with van der Waals surface area (Å²) in [5, 5.41) is 13.4. The average molecular weight is 507 g/mol. The van der Waals surface area contributed by atoms with Crippen LogP contribution < -0.4 is 0 Å². The van der Waals surface area contributed by atoms with Gasteiger partial charge >= 0.3 is 21.1 Å². The van der Waals surface area contributed by atoms with Gasteiger partial charge in [-0.15, -0.1) is 10.2 Å². The van der Waals surface area contributed by atoms with Gasteiger partial charge in [0.15, 0.2) is 5.82 Å². The number of benzene rings is 1. The molecule has 0 atom stereocenters. The fourth-order valence-corrected chi connectivity index (χ4v) is 2.05. The summed E-state index contributed by atoms with van der Waals surface area (Å²) < 4.78 is 0. The minimum Gasteiger partial charge on any atom is -0.394 e. The summed E-state index contributed by atoms with van der Waals surface area (Å²) in [7, 11) is 0. The summed E-state index contributed by atoms with van der Waals surface area (Å²) in [5.41, 5.74) is 7.58. The van der Waals surface area contributed by atoms with Crippen molar-refractivity contribution in [3.05, 3.63) is 58.4 Å². The number of hydrogen-bond donors (Lipinski definition) is 1. The first kappa shape index (κ1) is 23.1. The third-order valence-corrected chi connectivity index (χ3v) is 3.84. The standard InChI is InChI=1S/C11H15.C6H4N5.C2H6.W/c1-7-6-8(2)10(4)11(5)9(7)3;1-2-5(4-7-3-1)6-8-10-11-9-6;1-2;/h1-5H3;1-2,4H,(H,8,9,10,11);1-2H3;/q2*-1;;+2. The van der Waals surface area contributed by atoms with E-state index in [0.717, 1.165) is 5.56 Å². The van der Waals surface area contributed by atoms with Gasteiger partial charge in [0.05, 0.1) is 0 Å². The number of rotatable bonds is 1. The molecule has 0 aliphatic carbocycles. The Morgan fingerprint density at radius 2 is 1.52 bits per heavy atom. The Morgan fingerprint density at radius 3 is 1.96 bits per heavy atom. The molecule has 3 rings (SSSR count). The second-order valence-corrected chi connectivity index (χ2v) is 5.16. The Kier molecular flexibility index (Phi) is 10.8. The van der Waals surface area contributed by atoms with Crippen LogP contribution in [0, 0.1) is 46.9 Å². The van der Waals surface area contributed by atoms with E-state index in [1.165, 1.54) is 27.8 Å². The van der Waals surface area contributed by atoms with Crippen LogP contribution >= 0.6 is 0 Å². The molecule has 3 aromatic rings. The maximum atomic E-state index is 3.79. The van der Waals surface area contributed by atoms with E-state index < -0.39 is 0 Å². The molecule has 0 spiro atoms. The summed E-state index contributed by atoms with van der Waals surface area (Å²) in [6.45, 7) is 14.7. The molecule has 0 unspecified atom stereocenters. The Hall–Kier alpha value is -1.87. The quantitative estimate of drug-likeness (QED) is 0.504. The topological polar surface area (TPSA) is 67.3 Å². The van der Waals surface area contributed by atoms with E-state index in [-0.39, 0.29) is 21.1 Å². The average Bonchev–Trinajstić information content (AvgIpc) is 3.16. The minimum absolute atomic E-state index is 0. The largest absolute Gasteiger partial charge is 2.00 e. The van der Waals surface area contributed by atoms with Gasteiger partial charge in [0.2, 0.25) is 0 Å².